The summed E-state index contributed by atoms with van der Waals surface area (Å²) in [6.45, 7) is 4.10. The molecular weight excluding hydrogens is 324 g/mol. The van der Waals surface area contributed by atoms with E-state index in [1.165, 1.54) is 18.4 Å². The predicted octanol–water partition coefficient (Wildman–Crippen LogP) is 3.78. The van der Waals surface area contributed by atoms with Gasteiger partial charge in [0.15, 0.2) is 5.01 Å². The second-order valence-corrected chi connectivity index (χ2v) is 6.80. The van der Waals surface area contributed by atoms with Gasteiger partial charge in [-0.05, 0) is 18.1 Å². The molecule has 0 unspecified atom stereocenters. The van der Waals surface area contributed by atoms with E-state index in [1.54, 1.807) is 24.4 Å². The molecule has 0 aliphatic carbocycles. The number of nitrogens with zero attached hydrogens (tertiary/aromatic N) is 2. The van der Waals surface area contributed by atoms with Crippen molar-refractivity contribution in [2.24, 2.45) is 7.05 Å². The highest BCUT2D eigenvalue weighted by Crippen LogP contribution is 2.27. The fourth-order valence-electron chi connectivity index (χ4n) is 2.58. The molecule has 3 rings (SSSR count). The number of ketones is 1. The quantitative estimate of drug-likeness (QED) is 0.535. The number of benzene rings is 1. The standard InChI is InChI=1S/C18H18N2O3S/c1-10(2)14-9-24-17(19-14)16(21)13-8-20(3)15-7-11(18(22)23-4)5-6-12(13)15/h5-10H,1-4H3. The Morgan fingerprint density at radius 3 is 2.67 bits per heavy atom. The van der Waals surface area contributed by atoms with Crippen molar-refractivity contribution in [3.05, 3.63) is 51.6 Å². The van der Waals surface area contributed by atoms with E-state index >= 15 is 0 Å². The van der Waals surface area contributed by atoms with Gasteiger partial charge in [-0.3, -0.25) is 4.79 Å². The number of hydrogen-bond donors (Lipinski definition) is 0. The third kappa shape index (κ3) is 2.73. The minimum atomic E-state index is -0.396. The Morgan fingerprint density at radius 2 is 2.04 bits per heavy atom. The van der Waals surface area contributed by atoms with E-state index in [-0.39, 0.29) is 11.7 Å². The van der Waals surface area contributed by atoms with E-state index in [0.717, 1.165) is 16.6 Å². The molecule has 0 amide bonds. The van der Waals surface area contributed by atoms with Gasteiger partial charge >= 0.3 is 5.97 Å². The van der Waals surface area contributed by atoms with Crippen molar-refractivity contribution in [1.29, 1.82) is 0 Å². The van der Waals surface area contributed by atoms with E-state index < -0.39 is 5.97 Å². The Morgan fingerprint density at radius 1 is 1.29 bits per heavy atom. The number of carbonyl (C=O) groups is 2. The third-order valence-corrected chi connectivity index (χ3v) is 4.82. The van der Waals surface area contributed by atoms with Crippen molar-refractivity contribution < 1.29 is 14.3 Å². The molecule has 0 bridgehead atoms. The zero-order valence-corrected chi connectivity index (χ0v) is 14.8. The summed E-state index contributed by atoms with van der Waals surface area (Å²) in [5, 5.41) is 3.22. The Hall–Kier alpha value is -2.47. The number of fused-ring (bicyclic) bond motifs is 1. The van der Waals surface area contributed by atoms with Crippen LogP contribution in [-0.2, 0) is 11.8 Å². The molecule has 0 spiro atoms. The van der Waals surface area contributed by atoms with Gasteiger partial charge in [-0.15, -0.1) is 11.3 Å². The normalized spacial score (nSPS) is 11.2. The molecule has 124 valence electrons. The number of rotatable bonds is 4. The van der Waals surface area contributed by atoms with Crippen molar-refractivity contribution in [1.82, 2.24) is 9.55 Å². The second kappa shape index (κ2) is 6.20. The summed E-state index contributed by atoms with van der Waals surface area (Å²) < 4.78 is 6.59. The molecule has 0 aliphatic rings. The largest absolute Gasteiger partial charge is 0.465 e. The Kier molecular flexibility index (Phi) is 4.24. The smallest absolute Gasteiger partial charge is 0.337 e. The number of esters is 1. The first-order chi connectivity index (χ1) is 11.4. The van der Waals surface area contributed by atoms with Gasteiger partial charge in [-0.1, -0.05) is 19.9 Å². The molecule has 0 radical (unpaired) electrons. The maximum atomic E-state index is 12.8. The summed E-state index contributed by atoms with van der Waals surface area (Å²) in [6, 6.07) is 5.19. The highest BCUT2D eigenvalue weighted by molar-refractivity contribution is 7.12. The fourth-order valence-corrected chi connectivity index (χ4v) is 3.51. The Bertz CT molecular complexity index is 937. The van der Waals surface area contributed by atoms with Gasteiger partial charge in [0.2, 0.25) is 5.78 Å². The molecule has 24 heavy (non-hydrogen) atoms. The summed E-state index contributed by atoms with van der Waals surface area (Å²) in [5.74, 6) is -0.200. The van der Waals surface area contributed by atoms with Gasteiger partial charge in [-0.2, -0.15) is 0 Å². The zero-order valence-electron chi connectivity index (χ0n) is 14.0. The monoisotopic (exact) mass is 342 g/mol. The van der Waals surface area contributed by atoms with Crippen LogP contribution in [0.1, 0.15) is 51.2 Å². The SMILES string of the molecule is COC(=O)c1ccc2c(C(=O)c3nc(C(C)C)cs3)cn(C)c2c1. The van der Waals surface area contributed by atoms with Crippen molar-refractivity contribution in [3.63, 3.8) is 0 Å². The fraction of sp³-hybridized carbons (Fsp3) is 0.278. The molecule has 0 atom stereocenters. The van der Waals surface area contributed by atoms with Crippen LogP contribution in [0.2, 0.25) is 0 Å². The lowest BCUT2D eigenvalue weighted by Gasteiger charge is -2.01. The number of carbonyl (C=O) groups excluding carboxylic acids is 2. The van der Waals surface area contributed by atoms with Gasteiger partial charge < -0.3 is 9.30 Å². The van der Waals surface area contributed by atoms with Crippen molar-refractivity contribution in [3.8, 4) is 0 Å². The number of ether oxygens (including phenoxy) is 1. The lowest BCUT2D eigenvalue weighted by molar-refractivity contribution is 0.0601. The van der Waals surface area contributed by atoms with E-state index in [4.69, 9.17) is 4.74 Å². The summed E-state index contributed by atoms with van der Waals surface area (Å²) in [5.41, 5.74) is 2.79. The van der Waals surface area contributed by atoms with E-state index in [9.17, 15) is 9.59 Å². The van der Waals surface area contributed by atoms with Crippen molar-refractivity contribution in [2.45, 2.75) is 19.8 Å². The minimum Gasteiger partial charge on any atom is -0.465 e. The Labute approximate surface area is 143 Å². The molecule has 3 aromatic rings. The van der Waals surface area contributed by atoms with Gasteiger partial charge in [0.05, 0.1) is 23.9 Å². The summed E-state index contributed by atoms with van der Waals surface area (Å²) in [7, 11) is 3.20. The molecule has 0 fully saturated rings. The number of aromatic nitrogens is 2. The van der Waals surface area contributed by atoms with Gasteiger partial charge in [-0.25, -0.2) is 9.78 Å². The summed E-state index contributed by atoms with van der Waals surface area (Å²) in [4.78, 5) is 29.0. The molecule has 0 saturated heterocycles. The third-order valence-electron chi connectivity index (χ3n) is 3.96. The van der Waals surface area contributed by atoms with Crippen LogP contribution >= 0.6 is 11.3 Å². The molecule has 1 aromatic carbocycles. The zero-order chi connectivity index (χ0) is 17.4. The van der Waals surface area contributed by atoms with Crippen molar-refractivity contribution in [2.75, 3.05) is 7.11 Å². The molecule has 6 heteroatoms. The van der Waals surface area contributed by atoms with E-state index in [2.05, 4.69) is 18.8 Å². The average Bonchev–Trinajstić information content (AvgIpc) is 3.19. The van der Waals surface area contributed by atoms with Gasteiger partial charge in [0.25, 0.3) is 0 Å². The van der Waals surface area contributed by atoms with Crippen LogP contribution in [0.3, 0.4) is 0 Å². The average molecular weight is 342 g/mol. The van der Waals surface area contributed by atoms with Crippen LogP contribution in [0.15, 0.2) is 29.8 Å². The maximum absolute atomic E-state index is 12.8. The number of hydrogen-bond acceptors (Lipinski definition) is 5. The van der Waals surface area contributed by atoms with E-state index in [1.807, 2.05) is 17.0 Å². The lowest BCUT2D eigenvalue weighted by Crippen LogP contribution is -2.02. The van der Waals surface area contributed by atoms with Crippen LogP contribution in [0.25, 0.3) is 10.9 Å². The maximum Gasteiger partial charge on any atom is 0.337 e. The second-order valence-electron chi connectivity index (χ2n) is 5.94. The molecule has 5 nitrogen and oxygen atoms in total. The molecular formula is C18H18N2O3S. The molecule has 0 N–H and O–H groups in total. The molecule has 0 saturated carbocycles. The first-order valence-electron chi connectivity index (χ1n) is 7.60. The highest BCUT2D eigenvalue weighted by atomic mass is 32.1. The lowest BCUT2D eigenvalue weighted by atomic mass is 10.1. The number of thiazole rings is 1. The number of methoxy groups -OCH3 is 1. The number of aryl methyl sites for hydroxylation is 1. The highest BCUT2D eigenvalue weighted by Gasteiger charge is 2.20. The first-order valence-corrected chi connectivity index (χ1v) is 8.48. The topological polar surface area (TPSA) is 61.2 Å². The van der Waals surface area contributed by atoms with E-state index in [0.29, 0.717) is 16.1 Å². The van der Waals surface area contributed by atoms with Crippen LogP contribution in [0.4, 0.5) is 0 Å². The van der Waals surface area contributed by atoms with Crippen molar-refractivity contribution >= 4 is 34.0 Å². The van der Waals surface area contributed by atoms with Gasteiger partial charge in [0, 0.05) is 29.5 Å². The van der Waals surface area contributed by atoms with Crippen LogP contribution in [0.5, 0.6) is 0 Å². The summed E-state index contributed by atoms with van der Waals surface area (Å²) >= 11 is 1.37. The molecule has 2 aromatic heterocycles. The van der Waals surface area contributed by atoms with Crippen LogP contribution < -0.4 is 0 Å². The first kappa shape index (κ1) is 16.4. The minimum absolute atomic E-state index is 0.0941. The van der Waals surface area contributed by atoms with Crippen LogP contribution in [0, 0.1) is 0 Å². The summed E-state index contributed by atoms with van der Waals surface area (Å²) in [6.07, 6.45) is 1.78. The van der Waals surface area contributed by atoms with Gasteiger partial charge in [0.1, 0.15) is 0 Å². The Balaban J connectivity index is 2.06. The predicted molar refractivity (Wildman–Crippen MR) is 93.9 cm³/mol. The molecule has 0 aliphatic heterocycles. The molecule has 2 heterocycles. The van der Waals surface area contributed by atoms with Crippen LogP contribution in [-0.4, -0.2) is 28.4 Å².